The minimum Gasteiger partial charge on any atom is -0.264 e. The Hall–Kier alpha value is -8.47. The van der Waals surface area contributed by atoms with Gasteiger partial charge in [0, 0.05) is 23.5 Å². The first-order valence-electron chi connectivity index (χ1n) is 21.3. The molecule has 12 rings (SSSR count). The summed E-state index contributed by atoms with van der Waals surface area (Å²) in [7, 11) is 0. The Morgan fingerprint density at radius 1 is 0.302 bits per heavy atom. The van der Waals surface area contributed by atoms with Crippen LogP contribution in [-0.2, 0) is 0 Å². The van der Waals surface area contributed by atoms with Gasteiger partial charge in [0.15, 0.2) is 0 Å². The zero-order valence-corrected chi connectivity index (χ0v) is 34.2. The summed E-state index contributed by atoms with van der Waals surface area (Å²) in [5.41, 5.74) is 16.2. The maximum Gasteiger partial charge on any atom is 0.121 e. The number of hydrogen-bond acceptors (Lipinski definition) is 3. The van der Waals surface area contributed by atoms with E-state index in [9.17, 15) is 0 Å². The Morgan fingerprint density at radius 2 is 0.825 bits per heavy atom. The smallest absolute Gasteiger partial charge is 0.121 e. The van der Waals surface area contributed by atoms with Gasteiger partial charge in [-0.05, 0) is 155 Å². The van der Waals surface area contributed by atoms with E-state index in [0.717, 1.165) is 66.8 Å². The van der Waals surface area contributed by atoms with Crippen molar-refractivity contribution in [2.75, 3.05) is 0 Å². The van der Waals surface area contributed by atoms with Gasteiger partial charge in [-0.25, -0.2) is 0 Å². The van der Waals surface area contributed by atoms with Gasteiger partial charge >= 0.3 is 0 Å². The number of aromatic nitrogens is 4. The van der Waals surface area contributed by atoms with Gasteiger partial charge in [0.25, 0.3) is 0 Å². The van der Waals surface area contributed by atoms with Crippen LogP contribution in [0.25, 0.3) is 116 Å². The van der Waals surface area contributed by atoms with E-state index in [1.807, 2.05) is 18.5 Å². The number of rotatable bonds is 7. The van der Waals surface area contributed by atoms with Gasteiger partial charge in [0.1, 0.15) is 11.0 Å². The molecule has 0 saturated heterocycles. The highest BCUT2D eigenvalue weighted by Gasteiger charge is 2.19. The molecule has 0 radical (unpaired) electrons. The van der Waals surface area contributed by atoms with Crippen LogP contribution in [0.5, 0.6) is 0 Å². The molecule has 0 saturated carbocycles. The van der Waals surface area contributed by atoms with Crippen LogP contribution in [0, 0.1) is 0 Å². The maximum atomic E-state index is 5.31. The summed E-state index contributed by atoms with van der Waals surface area (Å²) in [5.74, 6) is 0. The Balaban J connectivity index is 1.02. The summed E-state index contributed by atoms with van der Waals surface area (Å²) in [6, 6.07) is 78.3. The monoisotopic (exact) mass is 802 g/mol. The minimum absolute atomic E-state index is 0.828. The van der Waals surface area contributed by atoms with Crippen LogP contribution in [-0.4, -0.2) is 20.0 Å². The van der Waals surface area contributed by atoms with Crippen LogP contribution in [0.1, 0.15) is 0 Å². The number of benzene rings is 10. The third-order valence-electron chi connectivity index (χ3n) is 12.3. The lowest BCUT2D eigenvalue weighted by molar-refractivity contribution is 0.766. The van der Waals surface area contributed by atoms with E-state index in [2.05, 4.69) is 217 Å². The average Bonchev–Trinajstić information content (AvgIpc) is 3.80. The van der Waals surface area contributed by atoms with Crippen molar-refractivity contribution >= 4 is 43.4 Å². The van der Waals surface area contributed by atoms with Crippen molar-refractivity contribution < 1.29 is 0 Å². The zero-order chi connectivity index (χ0) is 41.7. The molecule has 0 unspecified atom stereocenters. The van der Waals surface area contributed by atoms with E-state index in [1.54, 1.807) is 4.80 Å². The first-order chi connectivity index (χ1) is 31.2. The minimum atomic E-state index is 0.828. The zero-order valence-electron chi connectivity index (χ0n) is 34.2. The second kappa shape index (κ2) is 15.2. The topological polar surface area (TPSA) is 43.6 Å². The quantitative estimate of drug-likeness (QED) is 0.161. The first-order valence-corrected chi connectivity index (χ1v) is 21.3. The molecule has 4 heteroatoms. The molecule has 0 aliphatic heterocycles. The van der Waals surface area contributed by atoms with Gasteiger partial charge in [0.05, 0.1) is 5.69 Å². The second-order valence-corrected chi connectivity index (χ2v) is 16.2. The fourth-order valence-corrected chi connectivity index (χ4v) is 9.10. The fourth-order valence-electron chi connectivity index (χ4n) is 9.10. The van der Waals surface area contributed by atoms with Crippen molar-refractivity contribution in [2.24, 2.45) is 0 Å². The summed E-state index contributed by atoms with van der Waals surface area (Å²) in [5, 5.41) is 17.7. The summed E-state index contributed by atoms with van der Waals surface area (Å²) >= 11 is 0. The number of nitrogens with zero attached hydrogens (tertiary/aromatic N) is 4. The molecule has 0 bridgehead atoms. The molecular weight excluding hydrogens is 765 g/mol. The first kappa shape index (κ1) is 36.4. The van der Waals surface area contributed by atoms with Gasteiger partial charge < -0.3 is 0 Å². The fraction of sp³-hybridized carbons (Fsp3) is 0. The maximum absolute atomic E-state index is 5.31. The molecule has 294 valence electrons. The molecule has 0 aliphatic rings. The molecule has 0 spiro atoms. The largest absolute Gasteiger partial charge is 0.264 e. The molecular formula is C59H38N4. The number of pyridine rings is 1. The Bertz CT molecular complexity index is 3650. The van der Waals surface area contributed by atoms with Crippen LogP contribution in [0.3, 0.4) is 0 Å². The van der Waals surface area contributed by atoms with Crippen LogP contribution in [0.2, 0.25) is 0 Å². The van der Waals surface area contributed by atoms with E-state index >= 15 is 0 Å². The Kier molecular flexibility index (Phi) is 8.79. The highest BCUT2D eigenvalue weighted by Crippen LogP contribution is 2.42. The van der Waals surface area contributed by atoms with Crippen molar-refractivity contribution in [1.82, 2.24) is 20.0 Å². The van der Waals surface area contributed by atoms with Crippen molar-refractivity contribution in [3.63, 3.8) is 0 Å². The lowest BCUT2D eigenvalue weighted by atomic mass is 9.89. The summed E-state index contributed by atoms with van der Waals surface area (Å²) < 4.78 is 0. The molecule has 0 atom stereocenters. The average molecular weight is 803 g/mol. The molecule has 0 N–H and O–H groups in total. The Labute approximate surface area is 365 Å². The van der Waals surface area contributed by atoms with Crippen LogP contribution in [0.4, 0.5) is 0 Å². The number of fused-ring (bicyclic) bond motifs is 4. The molecule has 12 aromatic rings. The van der Waals surface area contributed by atoms with Crippen LogP contribution < -0.4 is 0 Å². The summed E-state index contributed by atoms with van der Waals surface area (Å²) in [6.45, 7) is 0. The van der Waals surface area contributed by atoms with Crippen LogP contribution >= 0.6 is 0 Å². The highest BCUT2D eigenvalue weighted by molar-refractivity contribution is 6.09. The molecule has 2 aromatic heterocycles. The molecule has 4 nitrogen and oxygen atoms in total. The van der Waals surface area contributed by atoms with E-state index in [4.69, 9.17) is 10.2 Å². The van der Waals surface area contributed by atoms with E-state index in [-0.39, 0.29) is 0 Å². The molecule has 63 heavy (non-hydrogen) atoms. The SMILES string of the molecule is c1ccc(-c2cc(-c3cc(-c4cc(-c5ccccc5)cc5ccccc45)c4nn(-c5ccc(-c6ccc7ccc(-c8cccnc8)cc7c6)cc5)nc4c3)c3ccccc3c2)cc1. The Morgan fingerprint density at radius 3 is 1.48 bits per heavy atom. The van der Waals surface area contributed by atoms with Crippen molar-refractivity contribution in [1.29, 1.82) is 0 Å². The molecule has 0 aliphatic carbocycles. The third-order valence-corrected chi connectivity index (χ3v) is 12.3. The van der Waals surface area contributed by atoms with Gasteiger partial charge in [-0.2, -0.15) is 4.80 Å². The highest BCUT2D eigenvalue weighted by atomic mass is 15.5. The van der Waals surface area contributed by atoms with Gasteiger partial charge in [-0.3, -0.25) is 4.98 Å². The van der Waals surface area contributed by atoms with Gasteiger partial charge in [0.2, 0.25) is 0 Å². The molecule has 10 aromatic carbocycles. The third kappa shape index (κ3) is 6.71. The second-order valence-electron chi connectivity index (χ2n) is 16.2. The standard InChI is InChI=1S/C59H38N4/c1-3-12-39(13-4-1)49-32-45-16-7-9-19-53(45)55(34-49)51-36-57(56-35-50(40-14-5-2-6-15-40)33-46-17-8-10-20-54(46)56)59-58(37-51)61-63(62-59)52-27-25-41(26-28-52)43-23-21-42-22-24-44(31-48(42)30-43)47-18-11-29-60-38-47/h1-38H. The lowest BCUT2D eigenvalue weighted by Gasteiger charge is -2.15. The molecule has 0 fully saturated rings. The normalized spacial score (nSPS) is 11.5. The van der Waals surface area contributed by atoms with Crippen molar-refractivity contribution in [3.8, 4) is 72.4 Å². The summed E-state index contributed by atoms with van der Waals surface area (Å²) in [4.78, 5) is 6.13. The van der Waals surface area contributed by atoms with Crippen molar-refractivity contribution in [2.45, 2.75) is 0 Å². The van der Waals surface area contributed by atoms with Crippen molar-refractivity contribution in [3.05, 3.63) is 231 Å². The predicted octanol–water partition coefficient (Wildman–Crippen LogP) is 15.3. The van der Waals surface area contributed by atoms with Gasteiger partial charge in [-0.15, -0.1) is 10.2 Å². The summed E-state index contributed by atoms with van der Waals surface area (Å²) in [6.07, 6.45) is 3.72. The predicted molar refractivity (Wildman–Crippen MR) is 262 cm³/mol. The van der Waals surface area contributed by atoms with E-state index in [0.29, 0.717) is 0 Å². The molecule has 2 heterocycles. The van der Waals surface area contributed by atoms with E-state index < -0.39 is 0 Å². The molecule has 0 amide bonds. The van der Waals surface area contributed by atoms with Gasteiger partial charge in [-0.1, -0.05) is 152 Å². The van der Waals surface area contributed by atoms with Crippen LogP contribution in [0.15, 0.2) is 231 Å². The lowest BCUT2D eigenvalue weighted by Crippen LogP contribution is -1.98. The number of hydrogen-bond donors (Lipinski definition) is 0. The van der Waals surface area contributed by atoms with E-state index in [1.165, 1.54) is 49.0 Å².